The molecule has 9 aromatic carbocycles. The zero-order valence-electron chi connectivity index (χ0n) is 29.9. The molecule has 0 saturated heterocycles. The van der Waals surface area contributed by atoms with Crippen LogP contribution in [-0.4, -0.2) is 14.5 Å². The van der Waals surface area contributed by atoms with Gasteiger partial charge in [0, 0.05) is 39.6 Å². The van der Waals surface area contributed by atoms with Crippen LogP contribution in [0.4, 0.5) is 0 Å². The fourth-order valence-corrected chi connectivity index (χ4v) is 8.43. The highest BCUT2D eigenvalue weighted by atomic mass is 15.0. The van der Waals surface area contributed by atoms with E-state index in [1.165, 1.54) is 82.8 Å². The van der Waals surface area contributed by atoms with E-state index in [2.05, 4.69) is 193 Å². The predicted molar refractivity (Wildman–Crippen MR) is 231 cm³/mol. The summed E-state index contributed by atoms with van der Waals surface area (Å²) in [5.74, 6) is 0. The minimum Gasteiger partial charge on any atom is -0.309 e. The molecule has 256 valence electrons. The lowest BCUT2D eigenvalue weighted by atomic mass is 9.93. The van der Waals surface area contributed by atoms with Gasteiger partial charge in [-0.15, -0.1) is 0 Å². The Morgan fingerprint density at radius 1 is 0.273 bits per heavy atom. The molecule has 11 rings (SSSR count). The molecule has 0 aliphatic heterocycles. The van der Waals surface area contributed by atoms with Crippen LogP contribution in [0.3, 0.4) is 0 Å². The molecule has 0 amide bonds. The lowest BCUT2D eigenvalue weighted by Crippen LogP contribution is -1.92. The number of rotatable bonds is 5. The van der Waals surface area contributed by atoms with Crippen molar-refractivity contribution in [1.82, 2.24) is 14.5 Å². The van der Waals surface area contributed by atoms with Crippen molar-refractivity contribution in [3.05, 3.63) is 200 Å². The zero-order chi connectivity index (χ0) is 36.3. The Kier molecular flexibility index (Phi) is 7.17. The molecule has 0 atom stereocenters. The lowest BCUT2D eigenvalue weighted by Gasteiger charge is -2.12. The normalized spacial score (nSPS) is 11.6. The Hall–Kier alpha value is -7.36. The largest absolute Gasteiger partial charge is 0.309 e. The van der Waals surface area contributed by atoms with Gasteiger partial charge in [-0.1, -0.05) is 140 Å². The zero-order valence-corrected chi connectivity index (χ0v) is 29.9. The van der Waals surface area contributed by atoms with Gasteiger partial charge in [-0.25, -0.2) is 0 Å². The van der Waals surface area contributed by atoms with Crippen LogP contribution in [0.15, 0.2) is 200 Å². The topological polar surface area (TPSA) is 30.7 Å². The highest BCUT2D eigenvalue weighted by molar-refractivity contribution is 6.23. The van der Waals surface area contributed by atoms with E-state index in [9.17, 15) is 0 Å². The van der Waals surface area contributed by atoms with E-state index in [0.29, 0.717) is 0 Å². The lowest BCUT2D eigenvalue weighted by molar-refractivity contribution is 1.18. The Morgan fingerprint density at radius 2 is 0.727 bits per heavy atom. The number of para-hydroxylation sites is 2. The summed E-state index contributed by atoms with van der Waals surface area (Å²) >= 11 is 0. The van der Waals surface area contributed by atoms with Crippen molar-refractivity contribution in [2.45, 2.75) is 0 Å². The molecule has 0 spiro atoms. The van der Waals surface area contributed by atoms with Crippen LogP contribution in [0.1, 0.15) is 0 Å². The molecular formula is C52H33N3. The molecule has 2 aromatic heterocycles. The van der Waals surface area contributed by atoms with Crippen LogP contribution >= 0.6 is 0 Å². The Balaban J connectivity index is 0.921. The third-order valence-electron chi connectivity index (χ3n) is 11.1. The first-order chi connectivity index (χ1) is 27.3. The maximum Gasteiger partial charge on any atom is 0.0971 e. The van der Waals surface area contributed by atoms with Crippen molar-refractivity contribution >= 4 is 54.4 Å². The molecule has 0 N–H and O–H groups in total. The van der Waals surface area contributed by atoms with Gasteiger partial charge in [0.2, 0.25) is 0 Å². The van der Waals surface area contributed by atoms with Crippen molar-refractivity contribution in [2.24, 2.45) is 0 Å². The molecule has 0 fully saturated rings. The minimum absolute atomic E-state index is 0.939. The summed E-state index contributed by atoms with van der Waals surface area (Å²) in [5.41, 5.74) is 15.0. The van der Waals surface area contributed by atoms with Crippen LogP contribution in [0.2, 0.25) is 0 Å². The van der Waals surface area contributed by atoms with Gasteiger partial charge >= 0.3 is 0 Å². The van der Waals surface area contributed by atoms with Gasteiger partial charge in [0.05, 0.1) is 22.1 Å². The molecule has 3 heteroatoms. The number of nitrogens with zero attached hydrogens (tertiary/aromatic N) is 3. The monoisotopic (exact) mass is 699 g/mol. The van der Waals surface area contributed by atoms with Crippen LogP contribution in [0.25, 0.3) is 105 Å². The van der Waals surface area contributed by atoms with E-state index in [0.717, 1.165) is 21.8 Å². The van der Waals surface area contributed by atoms with Gasteiger partial charge in [-0.2, -0.15) is 0 Å². The fourth-order valence-electron chi connectivity index (χ4n) is 8.43. The van der Waals surface area contributed by atoms with Gasteiger partial charge in [0.15, 0.2) is 0 Å². The Labute approximate surface area is 318 Å². The molecule has 55 heavy (non-hydrogen) atoms. The number of benzene rings is 9. The molecule has 11 aromatic rings. The van der Waals surface area contributed by atoms with Gasteiger partial charge < -0.3 is 4.57 Å². The summed E-state index contributed by atoms with van der Waals surface area (Å²) in [5, 5.41) is 7.15. The maximum atomic E-state index is 4.74. The fraction of sp³-hybridized carbons (Fsp3) is 0. The molecule has 2 heterocycles. The van der Waals surface area contributed by atoms with Gasteiger partial charge in [-0.3, -0.25) is 9.97 Å². The van der Waals surface area contributed by atoms with Crippen molar-refractivity contribution < 1.29 is 0 Å². The second kappa shape index (κ2) is 12.6. The summed E-state index contributed by atoms with van der Waals surface area (Å²) in [6, 6.07) is 68.1. The summed E-state index contributed by atoms with van der Waals surface area (Å²) in [6.07, 6.45) is 3.56. The number of fused-ring (bicyclic) bond motifs is 9. The van der Waals surface area contributed by atoms with Crippen LogP contribution in [-0.2, 0) is 0 Å². The molecule has 0 radical (unpaired) electrons. The SMILES string of the molecule is c1ccc(-n2c3ccccc3c3cc(-c4ccc(-c5cccc(-c6cccc(-c7ccc8c(c7)c7ccccc7c7nccnc87)c6)c5)cc4)ccc32)cc1. The standard InChI is InChI=1S/C52H33N3/c1-2-14-42(15-3-1)55-49-19-7-6-17-44(49)48-33-40(25-27-50(48)55)35-22-20-34(21-23-35)36-10-8-11-37(30-36)38-12-9-13-39(31-38)41-24-26-46-47(32-41)43-16-4-5-18-45(43)51-52(46)54-29-28-53-51/h1-33H. The van der Waals surface area contributed by atoms with Gasteiger partial charge in [-0.05, 0) is 104 Å². The number of hydrogen-bond donors (Lipinski definition) is 0. The summed E-state index contributed by atoms with van der Waals surface area (Å²) < 4.78 is 2.36. The number of hydrogen-bond acceptors (Lipinski definition) is 2. The van der Waals surface area contributed by atoms with Crippen molar-refractivity contribution in [3.8, 4) is 50.2 Å². The molecular weight excluding hydrogens is 667 g/mol. The molecule has 0 aliphatic rings. The molecule has 0 aliphatic carbocycles. The first-order valence-corrected chi connectivity index (χ1v) is 18.7. The van der Waals surface area contributed by atoms with Crippen molar-refractivity contribution in [1.29, 1.82) is 0 Å². The first-order valence-electron chi connectivity index (χ1n) is 18.7. The third kappa shape index (κ3) is 5.20. The number of aromatic nitrogens is 3. The minimum atomic E-state index is 0.939. The average Bonchev–Trinajstić information content (AvgIpc) is 3.60. The Bertz CT molecular complexity index is 3210. The molecule has 3 nitrogen and oxygen atoms in total. The van der Waals surface area contributed by atoms with E-state index in [1.807, 2.05) is 0 Å². The van der Waals surface area contributed by atoms with Crippen LogP contribution in [0.5, 0.6) is 0 Å². The van der Waals surface area contributed by atoms with Crippen molar-refractivity contribution in [2.75, 3.05) is 0 Å². The van der Waals surface area contributed by atoms with Gasteiger partial charge in [0.1, 0.15) is 0 Å². The van der Waals surface area contributed by atoms with E-state index < -0.39 is 0 Å². The summed E-state index contributed by atoms with van der Waals surface area (Å²) in [7, 11) is 0. The van der Waals surface area contributed by atoms with E-state index in [1.54, 1.807) is 12.4 Å². The van der Waals surface area contributed by atoms with E-state index in [4.69, 9.17) is 9.97 Å². The smallest absolute Gasteiger partial charge is 0.0971 e. The molecule has 0 saturated carbocycles. The van der Waals surface area contributed by atoms with Gasteiger partial charge in [0.25, 0.3) is 0 Å². The second-order valence-corrected chi connectivity index (χ2v) is 14.2. The highest BCUT2D eigenvalue weighted by Crippen LogP contribution is 2.38. The quantitative estimate of drug-likeness (QED) is 0.167. The average molecular weight is 700 g/mol. The summed E-state index contributed by atoms with van der Waals surface area (Å²) in [6.45, 7) is 0. The van der Waals surface area contributed by atoms with Crippen molar-refractivity contribution in [3.63, 3.8) is 0 Å². The van der Waals surface area contributed by atoms with E-state index in [-0.39, 0.29) is 0 Å². The maximum absolute atomic E-state index is 4.74. The highest BCUT2D eigenvalue weighted by Gasteiger charge is 2.14. The third-order valence-corrected chi connectivity index (χ3v) is 11.1. The van der Waals surface area contributed by atoms with Crippen LogP contribution < -0.4 is 0 Å². The Morgan fingerprint density at radius 3 is 1.40 bits per heavy atom. The summed E-state index contributed by atoms with van der Waals surface area (Å²) in [4.78, 5) is 9.43. The molecule has 0 unspecified atom stereocenters. The van der Waals surface area contributed by atoms with Crippen LogP contribution in [0, 0.1) is 0 Å². The first kappa shape index (κ1) is 31.2. The molecule has 0 bridgehead atoms. The predicted octanol–water partition coefficient (Wildman–Crippen LogP) is 13.7. The second-order valence-electron chi connectivity index (χ2n) is 14.2. The van der Waals surface area contributed by atoms with E-state index >= 15 is 0 Å².